The van der Waals surface area contributed by atoms with Crippen LogP contribution in [0.5, 0.6) is 0 Å². The molecule has 2 aromatic rings. The number of rotatable bonds is 3. The molecule has 0 aliphatic carbocycles. The minimum atomic E-state index is -0.333. The summed E-state index contributed by atoms with van der Waals surface area (Å²) in [5.41, 5.74) is 0.263. The Balaban J connectivity index is 2.18. The summed E-state index contributed by atoms with van der Waals surface area (Å²) >= 11 is 0. The van der Waals surface area contributed by atoms with Crippen molar-refractivity contribution in [1.29, 1.82) is 0 Å². The van der Waals surface area contributed by atoms with E-state index in [1.807, 2.05) is 20.8 Å². The van der Waals surface area contributed by atoms with Crippen molar-refractivity contribution in [2.45, 2.75) is 26.3 Å². The first kappa shape index (κ1) is 13.3. The Bertz CT molecular complexity index is 563. The molecule has 100 valence electrons. The molecule has 0 radical (unpaired) electrons. The Hall–Kier alpha value is -2.17. The molecule has 0 atom stereocenters. The smallest absolute Gasteiger partial charge is 0.229 e. The standard InChI is InChI=1S/C14H17FN4/c1-14(2,3)19-12-8-9-16-13(18-12)17-11-7-5-4-6-10(11)15/h4-9H,1-3H3,(H2,16,17,18,19). The summed E-state index contributed by atoms with van der Waals surface area (Å²) in [6.07, 6.45) is 1.63. The van der Waals surface area contributed by atoms with Gasteiger partial charge in [-0.25, -0.2) is 9.37 Å². The lowest BCUT2D eigenvalue weighted by Gasteiger charge is -2.21. The van der Waals surface area contributed by atoms with Crippen LogP contribution in [0.2, 0.25) is 0 Å². The summed E-state index contributed by atoms with van der Waals surface area (Å²) in [5, 5.41) is 6.10. The van der Waals surface area contributed by atoms with Gasteiger partial charge in [0.05, 0.1) is 5.69 Å². The molecule has 0 spiro atoms. The number of nitrogens with one attached hydrogen (secondary N) is 2. The van der Waals surface area contributed by atoms with Crippen LogP contribution in [-0.2, 0) is 0 Å². The topological polar surface area (TPSA) is 49.8 Å². The van der Waals surface area contributed by atoms with Gasteiger partial charge in [-0.15, -0.1) is 0 Å². The maximum absolute atomic E-state index is 13.5. The number of nitrogens with zero attached hydrogens (tertiary/aromatic N) is 2. The van der Waals surface area contributed by atoms with Crippen molar-refractivity contribution in [2.24, 2.45) is 0 Å². The fourth-order valence-electron chi connectivity index (χ4n) is 1.56. The molecule has 19 heavy (non-hydrogen) atoms. The van der Waals surface area contributed by atoms with Crippen LogP contribution in [0.25, 0.3) is 0 Å². The number of benzene rings is 1. The SMILES string of the molecule is CC(C)(C)Nc1ccnc(Nc2ccccc2F)n1. The molecule has 0 bridgehead atoms. The minimum Gasteiger partial charge on any atom is -0.365 e. The third-order valence-electron chi connectivity index (χ3n) is 2.28. The second kappa shape index (κ2) is 5.22. The molecule has 5 heteroatoms. The van der Waals surface area contributed by atoms with Crippen LogP contribution >= 0.6 is 0 Å². The Morgan fingerprint density at radius 1 is 1.11 bits per heavy atom. The molecule has 0 unspecified atom stereocenters. The van der Waals surface area contributed by atoms with Gasteiger partial charge in [-0.2, -0.15) is 4.98 Å². The molecule has 4 nitrogen and oxygen atoms in total. The molecule has 0 saturated carbocycles. The van der Waals surface area contributed by atoms with Crippen molar-refractivity contribution < 1.29 is 4.39 Å². The van der Waals surface area contributed by atoms with Gasteiger partial charge in [0, 0.05) is 11.7 Å². The summed E-state index contributed by atoms with van der Waals surface area (Å²) in [5.74, 6) is 0.723. The van der Waals surface area contributed by atoms with Gasteiger partial charge in [0.15, 0.2) is 0 Å². The van der Waals surface area contributed by atoms with E-state index in [4.69, 9.17) is 0 Å². The Morgan fingerprint density at radius 3 is 2.53 bits per heavy atom. The van der Waals surface area contributed by atoms with Crippen LogP contribution in [0.1, 0.15) is 20.8 Å². The zero-order valence-corrected chi connectivity index (χ0v) is 11.2. The van der Waals surface area contributed by atoms with Crippen LogP contribution < -0.4 is 10.6 Å². The molecule has 1 aromatic heterocycles. The van der Waals surface area contributed by atoms with Gasteiger partial charge in [0.25, 0.3) is 0 Å². The van der Waals surface area contributed by atoms with Gasteiger partial charge >= 0.3 is 0 Å². The first-order valence-electron chi connectivity index (χ1n) is 6.07. The fourth-order valence-corrected chi connectivity index (χ4v) is 1.56. The van der Waals surface area contributed by atoms with Crippen LogP contribution in [0.15, 0.2) is 36.5 Å². The normalized spacial score (nSPS) is 11.2. The maximum atomic E-state index is 13.5. The van der Waals surface area contributed by atoms with E-state index in [1.165, 1.54) is 6.07 Å². The van der Waals surface area contributed by atoms with Crippen molar-refractivity contribution in [3.8, 4) is 0 Å². The third kappa shape index (κ3) is 3.91. The predicted octanol–water partition coefficient (Wildman–Crippen LogP) is 3.57. The van der Waals surface area contributed by atoms with E-state index in [-0.39, 0.29) is 11.4 Å². The van der Waals surface area contributed by atoms with Gasteiger partial charge in [0.2, 0.25) is 5.95 Å². The van der Waals surface area contributed by atoms with E-state index < -0.39 is 0 Å². The van der Waals surface area contributed by atoms with E-state index in [9.17, 15) is 4.39 Å². The monoisotopic (exact) mass is 260 g/mol. The molecule has 0 aliphatic heterocycles. The Kier molecular flexibility index (Phi) is 3.64. The largest absolute Gasteiger partial charge is 0.365 e. The number of aromatic nitrogens is 2. The average Bonchev–Trinajstić information content (AvgIpc) is 2.30. The zero-order valence-electron chi connectivity index (χ0n) is 11.2. The Morgan fingerprint density at radius 2 is 1.84 bits per heavy atom. The highest BCUT2D eigenvalue weighted by Crippen LogP contribution is 2.18. The highest BCUT2D eigenvalue weighted by atomic mass is 19.1. The molecule has 1 aromatic carbocycles. The quantitative estimate of drug-likeness (QED) is 0.885. The van der Waals surface area contributed by atoms with Crippen LogP contribution in [0.4, 0.5) is 21.8 Å². The number of halogens is 1. The number of anilines is 3. The van der Waals surface area contributed by atoms with Crippen molar-refractivity contribution in [3.05, 3.63) is 42.3 Å². The first-order chi connectivity index (χ1) is 8.94. The summed E-state index contributed by atoms with van der Waals surface area (Å²) in [7, 11) is 0. The summed E-state index contributed by atoms with van der Waals surface area (Å²) < 4.78 is 13.5. The van der Waals surface area contributed by atoms with Crippen LogP contribution in [0, 0.1) is 5.82 Å². The lowest BCUT2D eigenvalue weighted by Crippen LogP contribution is -2.26. The van der Waals surface area contributed by atoms with Crippen molar-refractivity contribution in [1.82, 2.24) is 9.97 Å². The fraction of sp³-hybridized carbons (Fsp3) is 0.286. The minimum absolute atomic E-state index is 0.0936. The van der Waals surface area contributed by atoms with Gasteiger partial charge in [-0.3, -0.25) is 0 Å². The van der Waals surface area contributed by atoms with E-state index in [1.54, 1.807) is 30.5 Å². The van der Waals surface area contributed by atoms with Gasteiger partial charge in [0.1, 0.15) is 11.6 Å². The Labute approximate surface area is 112 Å². The van der Waals surface area contributed by atoms with E-state index >= 15 is 0 Å². The second-order valence-corrected chi connectivity index (χ2v) is 5.25. The molecule has 0 aliphatic rings. The number of hydrogen-bond donors (Lipinski definition) is 2. The number of para-hydroxylation sites is 1. The maximum Gasteiger partial charge on any atom is 0.229 e. The molecule has 0 amide bonds. The zero-order chi connectivity index (χ0) is 13.9. The van der Waals surface area contributed by atoms with Crippen LogP contribution in [-0.4, -0.2) is 15.5 Å². The molecular weight excluding hydrogens is 243 g/mol. The lowest BCUT2D eigenvalue weighted by molar-refractivity contribution is 0.629. The summed E-state index contributed by atoms with van der Waals surface area (Å²) in [4.78, 5) is 8.37. The molecule has 1 heterocycles. The highest BCUT2D eigenvalue weighted by Gasteiger charge is 2.11. The van der Waals surface area contributed by atoms with E-state index in [0.29, 0.717) is 17.5 Å². The summed E-state index contributed by atoms with van der Waals surface area (Å²) in [6, 6.07) is 8.20. The first-order valence-corrected chi connectivity index (χ1v) is 6.07. The van der Waals surface area contributed by atoms with Gasteiger partial charge < -0.3 is 10.6 Å². The molecule has 0 fully saturated rings. The van der Waals surface area contributed by atoms with E-state index in [2.05, 4.69) is 20.6 Å². The average molecular weight is 260 g/mol. The third-order valence-corrected chi connectivity index (χ3v) is 2.28. The van der Waals surface area contributed by atoms with Crippen molar-refractivity contribution in [2.75, 3.05) is 10.6 Å². The molecule has 0 saturated heterocycles. The highest BCUT2D eigenvalue weighted by molar-refractivity contribution is 5.55. The predicted molar refractivity (Wildman–Crippen MR) is 75.1 cm³/mol. The van der Waals surface area contributed by atoms with Crippen molar-refractivity contribution in [3.63, 3.8) is 0 Å². The summed E-state index contributed by atoms with van der Waals surface area (Å²) in [6.45, 7) is 6.12. The lowest BCUT2D eigenvalue weighted by atomic mass is 10.1. The molecule has 2 N–H and O–H groups in total. The van der Waals surface area contributed by atoms with Gasteiger partial charge in [-0.05, 0) is 39.0 Å². The second-order valence-electron chi connectivity index (χ2n) is 5.25. The van der Waals surface area contributed by atoms with Crippen LogP contribution in [0.3, 0.4) is 0 Å². The number of hydrogen-bond acceptors (Lipinski definition) is 4. The molecule has 2 rings (SSSR count). The molecular formula is C14H17FN4. The van der Waals surface area contributed by atoms with Gasteiger partial charge in [-0.1, -0.05) is 12.1 Å². The van der Waals surface area contributed by atoms with Crippen molar-refractivity contribution >= 4 is 17.5 Å². The van der Waals surface area contributed by atoms with E-state index in [0.717, 1.165) is 0 Å².